The number of aromatic nitrogens is 3. The van der Waals surface area contributed by atoms with Crippen molar-refractivity contribution in [3.05, 3.63) is 71.8 Å². The second-order valence-corrected chi connectivity index (χ2v) is 7.94. The summed E-state index contributed by atoms with van der Waals surface area (Å²) in [7, 11) is 0. The van der Waals surface area contributed by atoms with Crippen molar-refractivity contribution in [1.29, 1.82) is 0 Å². The fraction of sp³-hybridized carbons (Fsp3) is 0.280. The van der Waals surface area contributed by atoms with Gasteiger partial charge in [-0.15, -0.1) is 0 Å². The maximum atomic E-state index is 14.9. The molecular formula is C25H25F2N5O. The van der Waals surface area contributed by atoms with Crippen molar-refractivity contribution < 1.29 is 13.5 Å². The molecule has 33 heavy (non-hydrogen) atoms. The van der Waals surface area contributed by atoms with E-state index in [1.807, 2.05) is 19.9 Å². The topological polar surface area (TPSA) is 63.5 Å². The van der Waals surface area contributed by atoms with Crippen LogP contribution in [0.3, 0.4) is 0 Å². The first-order valence-corrected chi connectivity index (χ1v) is 10.7. The summed E-state index contributed by atoms with van der Waals surface area (Å²) in [5, 5.41) is 0. The fourth-order valence-electron chi connectivity index (χ4n) is 3.71. The molecule has 8 heteroatoms. The first-order valence-electron chi connectivity index (χ1n) is 10.7. The van der Waals surface area contributed by atoms with Crippen molar-refractivity contribution in [3.63, 3.8) is 0 Å². The van der Waals surface area contributed by atoms with Gasteiger partial charge in [-0.3, -0.25) is 9.98 Å². The Morgan fingerprint density at radius 1 is 1.12 bits per heavy atom. The minimum absolute atomic E-state index is 0.172. The van der Waals surface area contributed by atoms with Gasteiger partial charge in [-0.05, 0) is 31.5 Å². The molecule has 3 aromatic rings. The molecule has 0 saturated carbocycles. The third-order valence-corrected chi connectivity index (χ3v) is 5.50. The van der Waals surface area contributed by atoms with Crippen LogP contribution in [0.2, 0.25) is 0 Å². The van der Waals surface area contributed by atoms with E-state index in [-0.39, 0.29) is 12.0 Å². The van der Waals surface area contributed by atoms with Crippen LogP contribution >= 0.6 is 0 Å². The lowest BCUT2D eigenvalue weighted by Gasteiger charge is -2.28. The molecule has 1 saturated heterocycles. The molecule has 0 amide bonds. The number of hydrogen-bond acceptors (Lipinski definition) is 6. The summed E-state index contributed by atoms with van der Waals surface area (Å²) in [5.74, 6) is -1.34. The van der Waals surface area contributed by atoms with Gasteiger partial charge in [0, 0.05) is 43.1 Å². The van der Waals surface area contributed by atoms with Crippen molar-refractivity contribution >= 4 is 22.9 Å². The van der Waals surface area contributed by atoms with Crippen LogP contribution in [0.4, 0.5) is 14.5 Å². The number of ether oxygens (including phenoxy) is 1. The van der Waals surface area contributed by atoms with Crippen molar-refractivity contribution in [2.45, 2.75) is 20.3 Å². The van der Waals surface area contributed by atoms with Crippen LogP contribution in [0.15, 0.2) is 59.6 Å². The largest absolute Gasteiger partial charge is 0.378 e. The predicted octanol–water partition coefficient (Wildman–Crippen LogP) is 4.90. The van der Waals surface area contributed by atoms with Gasteiger partial charge in [0.05, 0.1) is 30.6 Å². The second kappa shape index (κ2) is 9.95. The highest BCUT2D eigenvalue weighted by molar-refractivity contribution is 5.90. The number of anilines is 1. The van der Waals surface area contributed by atoms with E-state index in [0.29, 0.717) is 41.2 Å². The fourth-order valence-corrected chi connectivity index (χ4v) is 3.71. The van der Waals surface area contributed by atoms with E-state index >= 15 is 0 Å². The number of rotatable bonds is 6. The zero-order chi connectivity index (χ0) is 23.4. The number of pyridine rings is 1. The summed E-state index contributed by atoms with van der Waals surface area (Å²) in [5.41, 5.74) is 4.40. The molecule has 3 heterocycles. The van der Waals surface area contributed by atoms with Crippen LogP contribution in [-0.4, -0.2) is 47.5 Å². The Hall–Kier alpha value is -3.52. The summed E-state index contributed by atoms with van der Waals surface area (Å²) < 4.78 is 35.0. The molecule has 0 bridgehead atoms. The lowest BCUT2D eigenvalue weighted by molar-refractivity contribution is 0.122. The lowest BCUT2D eigenvalue weighted by atomic mass is 10.0. The molecule has 2 aromatic heterocycles. The molecule has 1 aliphatic rings. The minimum Gasteiger partial charge on any atom is -0.378 e. The molecule has 0 atom stereocenters. The monoisotopic (exact) mass is 449 g/mol. The quantitative estimate of drug-likeness (QED) is 0.501. The number of halogens is 2. The molecule has 170 valence electrons. The van der Waals surface area contributed by atoms with Crippen LogP contribution in [0, 0.1) is 11.6 Å². The molecule has 1 fully saturated rings. The third-order valence-electron chi connectivity index (χ3n) is 5.50. The average molecular weight is 450 g/mol. The summed E-state index contributed by atoms with van der Waals surface area (Å²) >= 11 is 0. The average Bonchev–Trinajstić information content (AvgIpc) is 2.82. The number of benzene rings is 1. The smallest absolute Gasteiger partial charge is 0.135 e. The molecule has 0 unspecified atom stereocenters. The first kappa shape index (κ1) is 22.7. The Bertz CT molecular complexity index is 1250. The summed E-state index contributed by atoms with van der Waals surface area (Å²) in [4.78, 5) is 19.7. The Morgan fingerprint density at radius 3 is 2.64 bits per heavy atom. The molecule has 1 aliphatic heterocycles. The van der Waals surface area contributed by atoms with Crippen molar-refractivity contribution in [1.82, 2.24) is 15.0 Å². The Morgan fingerprint density at radius 2 is 1.91 bits per heavy atom. The Kier molecular flexibility index (Phi) is 6.84. The second-order valence-electron chi connectivity index (χ2n) is 7.94. The van der Waals surface area contributed by atoms with Crippen LogP contribution in [0.25, 0.3) is 22.3 Å². The number of allylic oxidation sites excluding steroid dienone is 3. The number of morpholine rings is 1. The van der Waals surface area contributed by atoms with Gasteiger partial charge >= 0.3 is 0 Å². The van der Waals surface area contributed by atoms with E-state index < -0.39 is 11.6 Å². The Labute approximate surface area is 191 Å². The zero-order valence-corrected chi connectivity index (χ0v) is 18.7. The maximum absolute atomic E-state index is 14.9. The van der Waals surface area contributed by atoms with Gasteiger partial charge in [0.25, 0.3) is 0 Å². The highest BCUT2D eigenvalue weighted by Gasteiger charge is 2.19. The highest BCUT2D eigenvalue weighted by Crippen LogP contribution is 2.31. The van der Waals surface area contributed by atoms with Gasteiger partial charge < -0.3 is 9.64 Å². The van der Waals surface area contributed by atoms with Crippen LogP contribution < -0.4 is 4.90 Å². The molecule has 0 spiro atoms. The SMILES string of the molecule is C=CC=NC(Cc1cc(-c2ncnc3cc(N4CCOCC4)cnc23)c(F)cc1F)=C(C)C. The highest BCUT2D eigenvalue weighted by atomic mass is 19.1. The number of aliphatic imine (C=N–C) groups is 1. The predicted molar refractivity (Wildman–Crippen MR) is 126 cm³/mol. The summed E-state index contributed by atoms with van der Waals surface area (Å²) in [6.07, 6.45) is 6.43. The van der Waals surface area contributed by atoms with Crippen LogP contribution in [0.1, 0.15) is 19.4 Å². The van der Waals surface area contributed by atoms with E-state index in [1.165, 1.54) is 12.4 Å². The molecule has 4 rings (SSSR count). The van der Waals surface area contributed by atoms with E-state index in [1.54, 1.807) is 18.5 Å². The van der Waals surface area contributed by atoms with E-state index in [9.17, 15) is 8.78 Å². The van der Waals surface area contributed by atoms with Gasteiger partial charge in [-0.1, -0.05) is 18.2 Å². The molecule has 1 aromatic carbocycles. The minimum atomic E-state index is -0.705. The van der Waals surface area contributed by atoms with Crippen LogP contribution in [-0.2, 0) is 11.2 Å². The lowest BCUT2D eigenvalue weighted by Crippen LogP contribution is -2.36. The Balaban J connectivity index is 1.76. The van der Waals surface area contributed by atoms with E-state index in [2.05, 4.69) is 31.4 Å². The number of hydrogen-bond donors (Lipinski definition) is 0. The van der Waals surface area contributed by atoms with Crippen molar-refractivity contribution in [3.8, 4) is 11.3 Å². The first-order chi connectivity index (χ1) is 16.0. The molecular weight excluding hydrogens is 424 g/mol. The normalized spacial score (nSPS) is 14.1. The van der Waals surface area contributed by atoms with Gasteiger partial charge in [0.2, 0.25) is 0 Å². The van der Waals surface area contributed by atoms with Crippen LogP contribution in [0.5, 0.6) is 0 Å². The summed E-state index contributed by atoms with van der Waals surface area (Å²) in [6.45, 7) is 10.3. The van der Waals surface area contributed by atoms with Gasteiger partial charge in [0.1, 0.15) is 29.2 Å². The third kappa shape index (κ3) is 4.96. The molecule has 0 N–H and O–H groups in total. The van der Waals surface area contributed by atoms with Gasteiger partial charge in [0.15, 0.2) is 0 Å². The van der Waals surface area contributed by atoms with E-state index in [0.717, 1.165) is 30.4 Å². The maximum Gasteiger partial charge on any atom is 0.135 e. The van der Waals surface area contributed by atoms with Crippen molar-refractivity contribution in [2.75, 3.05) is 31.2 Å². The molecule has 0 aliphatic carbocycles. The van der Waals surface area contributed by atoms with Gasteiger partial charge in [-0.25, -0.2) is 18.7 Å². The standard InChI is InChI=1S/C25H25F2N5O/c1-4-5-28-22(16(2)3)11-17-10-19(21(27)13-20(17)26)24-25-23(30-15-31-24)12-18(14-29-25)32-6-8-33-9-7-32/h4-5,10,12-15H,1,6-9,11H2,2-3H3. The molecule has 6 nitrogen and oxygen atoms in total. The van der Waals surface area contributed by atoms with E-state index in [4.69, 9.17) is 4.74 Å². The molecule has 0 radical (unpaired) electrons. The zero-order valence-electron chi connectivity index (χ0n) is 18.7. The van der Waals surface area contributed by atoms with Crippen molar-refractivity contribution in [2.24, 2.45) is 4.99 Å². The number of nitrogens with zero attached hydrogens (tertiary/aromatic N) is 5. The van der Waals surface area contributed by atoms with Gasteiger partial charge in [-0.2, -0.15) is 0 Å². The number of fused-ring (bicyclic) bond motifs is 1. The summed E-state index contributed by atoms with van der Waals surface area (Å²) in [6, 6.07) is 4.28.